The molecule has 1 unspecified atom stereocenters. The van der Waals surface area contributed by atoms with Gasteiger partial charge in [-0.25, -0.2) is 0 Å². The van der Waals surface area contributed by atoms with Crippen molar-refractivity contribution in [2.75, 3.05) is 0 Å². The van der Waals surface area contributed by atoms with Crippen LogP contribution in [0.1, 0.15) is 53.9 Å². The average molecular weight is 387 g/mol. The first-order valence-electron chi connectivity index (χ1n) is 10.5. The van der Waals surface area contributed by atoms with E-state index in [1.807, 2.05) is 60.7 Å². The highest BCUT2D eigenvalue weighted by molar-refractivity contribution is 7.79. The summed E-state index contributed by atoms with van der Waals surface area (Å²) in [6, 6.07) is 22.6. The van der Waals surface area contributed by atoms with Gasteiger partial charge in [0.1, 0.15) is 0 Å². The number of nitrogens with zero attached hydrogens (tertiary/aromatic N) is 1. The number of aryl methyl sites for hydroxylation is 3. The maximum atomic E-state index is 14.9. The molecule has 0 spiro atoms. The van der Waals surface area contributed by atoms with Crippen LogP contribution in [0.3, 0.4) is 0 Å². The molecule has 2 nitrogen and oxygen atoms in total. The molecule has 142 valence electrons. The molecule has 2 aromatic carbocycles. The number of aromatic nitrogens is 1. The summed E-state index contributed by atoms with van der Waals surface area (Å²) in [5.41, 5.74) is 5.12. The maximum absolute atomic E-state index is 14.9. The highest BCUT2D eigenvalue weighted by Crippen LogP contribution is 2.60. The Morgan fingerprint density at radius 1 is 0.750 bits per heavy atom. The van der Waals surface area contributed by atoms with Crippen molar-refractivity contribution >= 4 is 17.8 Å². The van der Waals surface area contributed by atoms with Crippen molar-refractivity contribution in [3.8, 4) is 0 Å². The van der Waals surface area contributed by atoms with Gasteiger partial charge >= 0.3 is 0 Å². The molecule has 0 N–H and O–H groups in total. The van der Waals surface area contributed by atoms with Crippen molar-refractivity contribution in [2.45, 2.75) is 50.6 Å². The molecule has 0 saturated carbocycles. The normalized spacial score (nSPS) is 18.9. The zero-order valence-electron chi connectivity index (χ0n) is 16.2. The lowest BCUT2D eigenvalue weighted by Crippen LogP contribution is -2.25. The van der Waals surface area contributed by atoms with Crippen LogP contribution in [0.25, 0.3) is 0 Å². The van der Waals surface area contributed by atoms with Gasteiger partial charge in [-0.15, -0.1) is 0 Å². The standard InChI is InChI=1S/C25H26NOP/c27-28(21-12-3-1-4-13-21,22-14-5-2-6-15-22)24-17-9-11-20-18-19-10-7-8-16-23(19)26-25(20)24/h1-6,12-15,18,24H,7-11,16-17H2. The minimum Gasteiger partial charge on any atom is -0.313 e. The molecule has 0 radical (unpaired) electrons. The Labute approximate surface area is 167 Å². The van der Waals surface area contributed by atoms with Gasteiger partial charge in [0.2, 0.25) is 0 Å². The lowest BCUT2D eigenvalue weighted by molar-refractivity contribution is 0.556. The summed E-state index contributed by atoms with van der Waals surface area (Å²) in [7, 11) is -2.83. The number of pyridine rings is 1. The zero-order chi connectivity index (χ0) is 19.0. The van der Waals surface area contributed by atoms with E-state index in [4.69, 9.17) is 4.98 Å². The van der Waals surface area contributed by atoms with Crippen LogP contribution in [0.4, 0.5) is 0 Å². The van der Waals surface area contributed by atoms with Crippen molar-refractivity contribution in [1.82, 2.24) is 4.98 Å². The molecule has 2 aliphatic carbocycles. The van der Waals surface area contributed by atoms with Gasteiger partial charge < -0.3 is 4.57 Å². The van der Waals surface area contributed by atoms with Gasteiger partial charge in [0.25, 0.3) is 0 Å². The summed E-state index contributed by atoms with van der Waals surface area (Å²) in [4.78, 5) is 5.18. The Bertz CT molecular complexity index is 986. The quantitative estimate of drug-likeness (QED) is 0.567. The Morgan fingerprint density at radius 2 is 1.36 bits per heavy atom. The molecule has 28 heavy (non-hydrogen) atoms. The fourth-order valence-electron chi connectivity index (χ4n) is 4.97. The first-order chi connectivity index (χ1) is 13.8. The molecule has 5 rings (SSSR count). The van der Waals surface area contributed by atoms with E-state index in [9.17, 15) is 4.57 Å². The third-order valence-electron chi connectivity index (χ3n) is 6.37. The van der Waals surface area contributed by atoms with Crippen LogP contribution in [0.2, 0.25) is 0 Å². The number of rotatable bonds is 3. The second-order valence-electron chi connectivity index (χ2n) is 8.08. The van der Waals surface area contributed by atoms with E-state index < -0.39 is 7.14 Å². The SMILES string of the molecule is O=P(c1ccccc1)(c1ccccc1)C1CCCc2cc3c(nc21)CCCC3. The fourth-order valence-corrected chi connectivity index (χ4v) is 8.33. The third kappa shape index (κ3) is 2.95. The van der Waals surface area contributed by atoms with E-state index in [-0.39, 0.29) is 5.66 Å². The Kier molecular flexibility index (Phi) is 4.69. The van der Waals surface area contributed by atoms with Gasteiger partial charge in [-0.2, -0.15) is 0 Å². The molecule has 1 heterocycles. The lowest BCUT2D eigenvalue weighted by atomic mass is 9.89. The smallest absolute Gasteiger partial charge is 0.151 e. The van der Waals surface area contributed by atoms with Gasteiger partial charge in [0.05, 0.1) is 11.4 Å². The molecule has 1 aromatic heterocycles. The second-order valence-corrected chi connectivity index (χ2v) is 11.1. The van der Waals surface area contributed by atoms with Crippen molar-refractivity contribution in [3.05, 3.63) is 89.2 Å². The lowest BCUT2D eigenvalue weighted by Gasteiger charge is -2.33. The zero-order valence-corrected chi connectivity index (χ0v) is 17.1. The van der Waals surface area contributed by atoms with Crippen molar-refractivity contribution in [1.29, 1.82) is 0 Å². The minimum atomic E-state index is -2.83. The third-order valence-corrected chi connectivity index (χ3v) is 9.88. The largest absolute Gasteiger partial charge is 0.313 e. The van der Waals surface area contributed by atoms with Crippen LogP contribution in [-0.2, 0) is 23.8 Å². The van der Waals surface area contributed by atoms with E-state index in [0.29, 0.717) is 0 Å². The minimum absolute atomic E-state index is 0.0201. The second kappa shape index (κ2) is 7.33. The number of fused-ring (bicyclic) bond motifs is 2. The molecule has 0 aliphatic heterocycles. The summed E-state index contributed by atoms with van der Waals surface area (Å²) in [5, 5.41) is 1.91. The molecule has 0 fully saturated rings. The first kappa shape index (κ1) is 17.9. The highest BCUT2D eigenvalue weighted by Gasteiger charge is 2.41. The molecule has 0 bridgehead atoms. The summed E-state index contributed by atoms with van der Waals surface area (Å²) >= 11 is 0. The number of benzene rings is 2. The van der Waals surface area contributed by atoms with Gasteiger partial charge in [-0.3, -0.25) is 4.98 Å². The van der Waals surface area contributed by atoms with E-state index in [1.54, 1.807) is 0 Å². The fraction of sp³-hybridized carbons (Fsp3) is 0.320. The van der Waals surface area contributed by atoms with Crippen LogP contribution in [0, 0.1) is 0 Å². The maximum Gasteiger partial charge on any atom is 0.151 e. The van der Waals surface area contributed by atoms with Crippen LogP contribution < -0.4 is 10.6 Å². The van der Waals surface area contributed by atoms with E-state index in [0.717, 1.165) is 48.4 Å². The number of hydrogen-bond acceptors (Lipinski definition) is 2. The molecule has 0 amide bonds. The van der Waals surface area contributed by atoms with Crippen LogP contribution in [-0.4, -0.2) is 4.98 Å². The van der Waals surface area contributed by atoms with Crippen molar-refractivity contribution in [3.63, 3.8) is 0 Å². The Morgan fingerprint density at radius 3 is 2.04 bits per heavy atom. The van der Waals surface area contributed by atoms with E-state index >= 15 is 0 Å². The molecular formula is C25H26NOP. The summed E-state index contributed by atoms with van der Waals surface area (Å²) in [6.07, 6.45) is 7.80. The van der Waals surface area contributed by atoms with Gasteiger partial charge in [0.15, 0.2) is 7.14 Å². The molecule has 2 aliphatic rings. The highest BCUT2D eigenvalue weighted by atomic mass is 31.2. The Hall–Kier alpha value is -2.18. The molecule has 0 saturated heterocycles. The summed E-state index contributed by atoms with van der Waals surface area (Å²) in [6.45, 7) is 0. The summed E-state index contributed by atoms with van der Waals surface area (Å²) < 4.78 is 14.9. The predicted octanol–water partition coefficient (Wildman–Crippen LogP) is 5.35. The van der Waals surface area contributed by atoms with Crippen LogP contribution >= 0.6 is 7.14 Å². The first-order valence-corrected chi connectivity index (χ1v) is 12.3. The molecule has 3 aromatic rings. The monoisotopic (exact) mass is 387 g/mol. The van der Waals surface area contributed by atoms with Crippen LogP contribution in [0.15, 0.2) is 66.7 Å². The Balaban J connectivity index is 1.71. The van der Waals surface area contributed by atoms with Crippen molar-refractivity contribution in [2.24, 2.45) is 0 Å². The van der Waals surface area contributed by atoms with E-state index in [2.05, 4.69) is 6.07 Å². The van der Waals surface area contributed by atoms with Crippen LogP contribution in [0.5, 0.6) is 0 Å². The van der Waals surface area contributed by atoms with Gasteiger partial charge in [-0.1, -0.05) is 66.7 Å². The topological polar surface area (TPSA) is 30.0 Å². The number of hydrogen-bond donors (Lipinski definition) is 0. The predicted molar refractivity (Wildman–Crippen MR) is 116 cm³/mol. The van der Waals surface area contributed by atoms with Gasteiger partial charge in [-0.05, 0) is 56.1 Å². The summed E-state index contributed by atoms with van der Waals surface area (Å²) in [5.74, 6) is 0. The van der Waals surface area contributed by atoms with Gasteiger partial charge in [0, 0.05) is 16.3 Å². The molecular weight excluding hydrogens is 361 g/mol. The average Bonchev–Trinajstić information content (AvgIpc) is 2.78. The molecule has 1 atom stereocenters. The molecule has 3 heteroatoms. The van der Waals surface area contributed by atoms with E-state index in [1.165, 1.54) is 29.7 Å². The van der Waals surface area contributed by atoms with Crippen molar-refractivity contribution < 1.29 is 4.57 Å².